The van der Waals surface area contributed by atoms with Crippen LogP contribution in [-0.2, 0) is 10.0 Å². The van der Waals surface area contributed by atoms with Crippen molar-refractivity contribution in [2.24, 2.45) is 0 Å². The molecule has 2 saturated carbocycles. The number of aryl methyl sites for hydroxylation is 1. The van der Waals surface area contributed by atoms with Crippen LogP contribution in [0, 0.1) is 13.8 Å². The summed E-state index contributed by atoms with van der Waals surface area (Å²) in [6.07, 6.45) is 5.16. The van der Waals surface area contributed by atoms with Gasteiger partial charge in [-0.2, -0.15) is 0 Å². The molecule has 0 amide bonds. The minimum Gasteiger partial charge on any atom is -0.419 e. The van der Waals surface area contributed by atoms with Gasteiger partial charge in [-0.1, -0.05) is 6.42 Å². The predicted octanol–water partition coefficient (Wildman–Crippen LogP) is 2.39. The molecule has 2 heterocycles. The molecule has 8 heteroatoms. The molecule has 0 unspecified atom stereocenters. The fraction of sp³-hybridized carbons (Fsp3) is 0.600. The quantitative estimate of drug-likeness (QED) is 0.873. The second kappa shape index (κ2) is 5.17. The van der Waals surface area contributed by atoms with Crippen LogP contribution in [-0.4, -0.2) is 29.6 Å². The molecule has 124 valence electrons. The minimum atomic E-state index is -3.52. The fourth-order valence-electron chi connectivity index (χ4n) is 2.99. The highest BCUT2D eigenvalue weighted by Crippen LogP contribution is 2.37. The normalized spacial score (nSPS) is 19.0. The van der Waals surface area contributed by atoms with Gasteiger partial charge < -0.3 is 9.40 Å². The summed E-state index contributed by atoms with van der Waals surface area (Å²) in [5.74, 6) is 1.37. The van der Waals surface area contributed by atoms with Gasteiger partial charge in [-0.3, -0.25) is 0 Å². The van der Waals surface area contributed by atoms with E-state index in [0.29, 0.717) is 39.5 Å². The van der Waals surface area contributed by atoms with Crippen molar-refractivity contribution < 1.29 is 12.8 Å². The lowest BCUT2D eigenvalue weighted by Gasteiger charge is -2.20. The van der Waals surface area contributed by atoms with Crippen molar-refractivity contribution in [2.75, 3.05) is 0 Å². The summed E-state index contributed by atoms with van der Waals surface area (Å²) in [5.41, 5.74) is 1.81. The van der Waals surface area contributed by atoms with Gasteiger partial charge in [-0.15, -0.1) is 10.2 Å². The van der Waals surface area contributed by atoms with Crippen molar-refractivity contribution in [3.8, 4) is 11.6 Å². The highest BCUT2D eigenvalue weighted by Gasteiger charge is 2.33. The van der Waals surface area contributed by atoms with E-state index in [0.717, 1.165) is 25.7 Å². The van der Waals surface area contributed by atoms with Gasteiger partial charge >= 0.3 is 0 Å². The molecule has 0 radical (unpaired) electrons. The Morgan fingerprint density at radius 2 is 1.91 bits per heavy atom. The van der Waals surface area contributed by atoms with Crippen molar-refractivity contribution in [1.29, 1.82) is 0 Å². The van der Waals surface area contributed by atoms with Crippen LogP contribution in [0.15, 0.2) is 9.31 Å². The van der Waals surface area contributed by atoms with Crippen LogP contribution in [0.5, 0.6) is 0 Å². The molecule has 0 bridgehead atoms. The lowest BCUT2D eigenvalue weighted by molar-refractivity contribution is 0.338. The topological polar surface area (TPSA) is 101 Å². The molecule has 0 aromatic carbocycles. The molecule has 0 aliphatic heterocycles. The van der Waals surface area contributed by atoms with E-state index in [9.17, 15) is 8.42 Å². The van der Waals surface area contributed by atoms with E-state index in [2.05, 4.69) is 19.9 Å². The molecular weight excluding hydrogens is 316 g/mol. The van der Waals surface area contributed by atoms with Crippen LogP contribution in [0.2, 0.25) is 0 Å². The first-order valence-corrected chi connectivity index (χ1v) is 9.49. The number of aromatic amines is 1. The number of hydrogen-bond donors (Lipinski definition) is 2. The zero-order valence-electron chi connectivity index (χ0n) is 13.2. The van der Waals surface area contributed by atoms with Crippen LogP contribution in [0.4, 0.5) is 0 Å². The molecule has 0 atom stereocenters. The van der Waals surface area contributed by atoms with E-state index >= 15 is 0 Å². The van der Waals surface area contributed by atoms with Gasteiger partial charge in [0.1, 0.15) is 10.6 Å². The molecule has 2 fully saturated rings. The van der Waals surface area contributed by atoms with Crippen molar-refractivity contribution in [1.82, 2.24) is 19.9 Å². The summed E-state index contributed by atoms with van der Waals surface area (Å²) in [6.45, 7) is 3.52. The number of H-pyrrole nitrogens is 1. The Kier molecular flexibility index (Phi) is 3.35. The Balaban J connectivity index is 1.70. The summed E-state index contributed by atoms with van der Waals surface area (Å²) >= 11 is 0. The molecule has 4 rings (SSSR count). The average molecular weight is 336 g/mol. The Bertz CT molecular complexity index is 844. The van der Waals surface area contributed by atoms with Gasteiger partial charge in [0.15, 0.2) is 0 Å². The Morgan fingerprint density at radius 3 is 2.52 bits per heavy atom. The summed E-state index contributed by atoms with van der Waals surface area (Å²) in [5, 5.41) is 8.21. The largest absolute Gasteiger partial charge is 0.419 e. The monoisotopic (exact) mass is 336 g/mol. The second-order valence-electron chi connectivity index (χ2n) is 6.55. The number of hydrogen-bond acceptors (Lipinski definition) is 5. The van der Waals surface area contributed by atoms with Gasteiger partial charge in [0.2, 0.25) is 15.9 Å². The number of sulfonamides is 1. The highest BCUT2D eigenvalue weighted by atomic mass is 32.2. The van der Waals surface area contributed by atoms with Crippen LogP contribution < -0.4 is 4.72 Å². The van der Waals surface area contributed by atoms with E-state index < -0.39 is 10.0 Å². The number of nitrogens with zero attached hydrogens (tertiary/aromatic N) is 2. The number of rotatable bonds is 5. The lowest BCUT2D eigenvalue weighted by Crippen LogP contribution is -2.26. The van der Waals surface area contributed by atoms with Gasteiger partial charge in [0.05, 0.1) is 0 Å². The molecule has 2 aromatic rings. The van der Waals surface area contributed by atoms with Crippen LogP contribution >= 0.6 is 0 Å². The summed E-state index contributed by atoms with van der Waals surface area (Å²) < 4.78 is 33.6. The smallest absolute Gasteiger partial charge is 0.264 e. The van der Waals surface area contributed by atoms with Gasteiger partial charge in [-0.25, -0.2) is 13.1 Å². The third-order valence-electron chi connectivity index (χ3n) is 4.65. The third kappa shape index (κ3) is 2.59. The summed E-state index contributed by atoms with van der Waals surface area (Å²) in [6, 6.07) is 0.0748. The molecular formula is C15H20N4O3S. The molecule has 2 aromatic heterocycles. The minimum absolute atomic E-state index is 0.0748. The first-order valence-electron chi connectivity index (χ1n) is 8.01. The molecule has 23 heavy (non-hydrogen) atoms. The van der Waals surface area contributed by atoms with Crippen molar-refractivity contribution in [3.05, 3.63) is 17.1 Å². The van der Waals surface area contributed by atoms with Crippen molar-refractivity contribution >= 4 is 10.0 Å². The van der Waals surface area contributed by atoms with E-state index in [4.69, 9.17) is 4.42 Å². The van der Waals surface area contributed by atoms with Gasteiger partial charge in [0, 0.05) is 17.7 Å². The Labute approximate surface area is 134 Å². The molecule has 2 aliphatic rings. The zero-order chi connectivity index (χ0) is 16.2. The lowest BCUT2D eigenvalue weighted by atomic mass is 9.85. The maximum Gasteiger partial charge on any atom is 0.264 e. The van der Waals surface area contributed by atoms with Crippen molar-refractivity contribution in [3.63, 3.8) is 0 Å². The second-order valence-corrected chi connectivity index (χ2v) is 8.20. The fourth-order valence-corrected chi connectivity index (χ4v) is 4.74. The van der Waals surface area contributed by atoms with Crippen LogP contribution in [0.3, 0.4) is 0 Å². The molecule has 2 N–H and O–H groups in total. The summed E-state index contributed by atoms with van der Waals surface area (Å²) in [7, 11) is -3.52. The van der Waals surface area contributed by atoms with E-state index in [-0.39, 0.29) is 6.04 Å². The highest BCUT2D eigenvalue weighted by molar-refractivity contribution is 7.89. The average Bonchev–Trinajstić information content (AvgIpc) is 2.97. The summed E-state index contributed by atoms with van der Waals surface area (Å²) in [4.78, 5) is 3.40. The van der Waals surface area contributed by atoms with Gasteiger partial charge in [-0.05, 0) is 45.1 Å². The maximum absolute atomic E-state index is 12.5. The van der Waals surface area contributed by atoms with Crippen molar-refractivity contribution in [2.45, 2.75) is 62.8 Å². The van der Waals surface area contributed by atoms with Crippen LogP contribution in [0.1, 0.15) is 55.2 Å². The number of aromatic nitrogens is 3. The maximum atomic E-state index is 12.5. The third-order valence-corrected chi connectivity index (χ3v) is 6.44. The molecule has 2 aliphatic carbocycles. The predicted molar refractivity (Wildman–Crippen MR) is 83.5 cm³/mol. The standard InChI is InChI=1S/C15H20N4O3S/c1-8-12(15-18-17-14(22-15)10-4-3-5-10)16-9(2)13(8)23(20,21)19-11-6-7-11/h10-11,16,19H,3-7H2,1-2H3. The number of nitrogens with one attached hydrogen (secondary N) is 2. The van der Waals surface area contributed by atoms with E-state index in [1.807, 2.05) is 0 Å². The Morgan fingerprint density at radius 1 is 1.17 bits per heavy atom. The van der Waals surface area contributed by atoms with Crippen LogP contribution in [0.25, 0.3) is 11.6 Å². The van der Waals surface area contributed by atoms with Gasteiger partial charge in [0.25, 0.3) is 5.89 Å². The zero-order valence-corrected chi connectivity index (χ0v) is 14.0. The van der Waals surface area contributed by atoms with E-state index in [1.165, 1.54) is 6.42 Å². The first-order chi connectivity index (χ1) is 11.0. The first kappa shape index (κ1) is 14.9. The molecule has 7 nitrogen and oxygen atoms in total. The SMILES string of the molecule is Cc1[nH]c(-c2nnc(C3CCC3)o2)c(C)c1S(=O)(=O)NC1CC1. The molecule has 0 spiro atoms. The van der Waals surface area contributed by atoms with E-state index in [1.54, 1.807) is 13.8 Å². The molecule has 0 saturated heterocycles. The Hall–Kier alpha value is -1.67.